The lowest BCUT2D eigenvalue weighted by molar-refractivity contribution is -0.370. The Morgan fingerprint density at radius 3 is 2.08 bits per heavy atom. The van der Waals surface area contributed by atoms with Gasteiger partial charge in [-0.1, -0.05) is 0 Å². The summed E-state index contributed by atoms with van der Waals surface area (Å²) in [6.07, 6.45) is -19.0. The smallest absolute Gasteiger partial charge is 0.217 e. The van der Waals surface area contributed by atoms with Gasteiger partial charge < -0.3 is 69.5 Å². The molecule has 15 nitrogen and oxygen atoms in total. The van der Waals surface area contributed by atoms with Crippen molar-refractivity contribution >= 4 is 12.2 Å². The van der Waals surface area contributed by atoms with Crippen LogP contribution in [0.1, 0.15) is 20.8 Å². The van der Waals surface area contributed by atoms with Gasteiger partial charge in [0.2, 0.25) is 5.91 Å². The molecular formula is C21H37NO14. The van der Waals surface area contributed by atoms with Crippen LogP contribution in [-0.4, -0.2) is 147 Å². The van der Waals surface area contributed by atoms with E-state index in [9.17, 15) is 45.3 Å². The van der Waals surface area contributed by atoms with E-state index in [1.165, 1.54) is 21.0 Å². The fourth-order valence-electron chi connectivity index (χ4n) is 4.09. The maximum Gasteiger partial charge on any atom is 0.217 e. The highest BCUT2D eigenvalue weighted by Gasteiger charge is 2.51. The van der Waals surface area contributed by atoms with Crippen LogP contribution in [0.4, 0.5) is 0 Å². The van der Waals surface area contributed by atoms with Crippen molar-refractivity contribution in [3.8, 4) is 0 Å². The molecule has 2 heterocycles. The maximum atomic E-state index is 11.7. The number of aldehydes is 1. The number of rotatable bonds is 11. The van der Waals surface area contributed by atoms with E-state index in [0.29, 0.717) is 0 Å². The van der Waals surface area contributed by atoms with Gasteiger partial charge >= 0.3 is 0 Å². The highest BCUT2D eigenvalue weighted by Crippen LogP contribution is 2.31. The molecule has 36 heavy (non-hydrogen) atoms. The van der Waals surface area contributed by atoms with Gasteiger partial charge in [0.1, 0.15) is 67.3 Å². The average Bonchev–Trinajstić information content (AvgIpc) is 2.84. The monoisotopic (exact) mass is 527 g/mol. The minimum absolute atomic E-state index is 0.229. The molecule has 0 aromatic carbocycles. The van der Waals surface area contributed by atoms with E-state index in [2.05, 4.69) is 5.32 Å². The standard InChI is InChI=1S/C21H37NO14/c1-7-12(27)15(30)19(36-20-16(31)18(32-4)13(28)8(2)33-20)21(34-7)35-17(14(29)11(26)6-24)10(5-23)22-9(3)25/h5,7-8,10-21,24,26-31H,6H2,1-4H3,(H,22,25)/t7-,8-,10+,11-,12-,13-,14+,15+,16+,17-,18+,19+,20-,21-/m0/s1. The Hall–Kier alpha value is -1.34. The summed E-state index contributed by atoms with van der Waals surface area (Å²) >= 11 is 0. The largest absolute Gasteiger partial charge is 0.394 e. The van der Waals surface area contributed by atoms with E-state index in [-0.39, 0.29) is 6.29 Å². The molecule has 1 amide bonds. The number of hydrogen-bond donors (Lipinski definition) is 8. The number of aliphatic hydroxyl groups excluding tert-OH is 7. The second-order valence-corrected chi connectivity index (χ2v) is 8.89. The van der Waals surface area contributed by atoms with Crippen molar-refractivity contribution < 1.29 is 69.0 Å². The molecule has 210 valence electrons. The average molecular weight is 528 g/mol. The quantitative estimate of drug-likeness (QED) is 0.118. The normalized spacial score (nSPS) is 40.6. The van der Waals surface area contributed by atoms with Crippen LogP contribution < -0.4 is 5.32 Å². The molecule has 2 aliphatic heterocycles. The molecule has 0 aromatic heterocycles. The zero-order valence-corrected chi connectivity index (χ0v) is 20.4. The van der Waals surface area contributed by atoms with E-state index < -0.39 is 98.3 Å². The SMILES string of the molecule is CO[C@@H]1[C@@H](O)[C@H](C)O[C@@H](O[C@H]2[C@H](O[C@H]([C@H](O)[C@@H](O)CO)[C@@H](C=O)NC(C)=O)O[C@@H](C)[C@H](O)[C@H]2O)[C@@H]1O. The van der Waals surface area contributed by atoms with Gasteiger partial charge in [-0.2, -0.15) is 0 Å². The predicted molar refractivity (Wildman–Crippen MR) is 116 cm³/mol. The van der Waals surface area contributed by atoms with Gasteiger partial charge in [0, 0.05) is 14.0 Å². The summed E-state index contributed by atoms with van der Waals surface area (Å²) < 4.78 is 27.6. The van der Waals surface area contributed by atoms with E-state index in [0.717, 1.165) is 6.92 Å². The first kappa shape index (κ1) is 30.9. The zero-order valence-electron chi connectivity index (χ0n) is 20.4. The van der Waals surface area contributed by atoms with Crippen LogP contribution in [0.15, 0.2) is 0 Å². The fraction of sp³-hybridized carbons (Fsp3) is 0.905. The first-order valence-corrected chi connectivity index (χ1v) is 11.4. The third-order valence-electron chi connectivity index (χ3n) is 6.21. The summed E-state index contributed by atoms with van der Waals surface area (Å²) in [6.45, 7) is 3.06. The Kier molecular flexibility index (Phi) is 11.5. The summed E-state index contributed by atoms with van der Waals surface area (Å²) in [6, 6.07) is -1.54. The second-order valence-electron chi connectivity index (χ2n) is 8.89. The van der Waals surface area contributed by atoms with Gasteiger partial charge in [-0.3, -0.25) is 4.79 Å². The highest BCUT2D eigenvalue weighted by molar-refractivity contribution is 5.77. The van der Waals surface area contributed by atoms with Crippen LogP contribution in [0.25, 0.3) is 0 Å². The molecule has 2 rings (SSSR count). The van der Waals surface area contributed by atoms with Crippen LogP contribution in [-0.2, 0) is 33.3 Å². The van der Waals surface area contributed by atoms with E-state index in [4.69, 9.17) is 23.7 Å². The molecule has 2 aliphatic rings. The van der Waals surface area contributed by atoms with Gasteiger partial charge in [0.15, 0.2) is 12.6 Å². The molecule has 0 aliphatic carbocycles. The Bertz CT molecular complexity index is 714. The fourth-order valence-corrected chi connectivity index (χ4v) is 4.09. The summed E-state index contributed by atoms with van der Waals surface area (Å²) in [4.78, 5) is 23.3. The molecule has 2 saturated heterocycles. The molecule has 15 heteroatoms. The topological polar surface area (TPSA) is 234 Å². The number of ether oxygens (including phenoxy) is 5. The predicted octanol–water partition coefficient (Wildman–Crippen LogP) is -4.88. The lowest BCUT2D eigenvalue weighted by Gasteiger charge is -2.47. The van der Waals surface area contributed by atoms with E-state index in [1.807, 2.05) is 0 Å². The van der Waals surface area contributed by atoms with Crippen LogP contribution >= 0.6 is 0 Å². The van der Waals surface area contributed by atoms with Gasteiger partial charge in [0.25, 0.3) is 0 Å². The van der Waals surface area contributed by atoms with Crippen molar-refractivity contribution in [2.24, 2.45) is 0 Å². The first-order valence-electron chi connectivity index (χ1n) is 11.4. The summed E-state index contributed by atoms with van der Waals surface area (Å²) in [5, 5.41) is 73.8. The lowest BCUT2D eigenvalue weighted by Crippen LogP contribution is -2.65. The molecule has 0 unspecified atom stereocenters. The molecule has 0 spiro atoms. The van der Waals surface area contributed by atoms with E-state index >= 15 is 0 Å². The minimum atomic E-state index is -1.93. The van der Waals surface area contributed by atoms with Crippen LogP contribution in [0.3, 0.4) is 0 Å². The van der Waals surface area contributed by atoms with Gasteiger partial charge in [-0.25, -0.2) is 0 Å². The zero-order chi connectivity index (χ0) is 27.3. The number of amides is 1. The number of hydrogen-bond acceptors (Lipinski definition) is 14. The van der Waals surface area contributed by atoms with Crippen LogP contribution in [0.2, 0.25) is 0 Å². The summed E-state index contributed by atoms with van der Waals surface area (Å²) in [5.74, 6) is -0.676. The first-order chi connectivity index (χ1) is 16.9. The minimum Gasteiger partial charge on any atom is -0.394 e. The molecule has 0 saturated carbocycles. The Balaban J connectivity index is 2.37. The molecule has 0 bridgehead atoms. The van der Waals surface area contributed by atoms with Crippen molar-refractivity contribution in [1.29, 1.82) is 0 Å². The molecular weight excluding hydrogens is 490 g/mol. The summed E-state index contributed by atoms with van der Waals surface area (Å²) in [7, 11) is 1.25. The third kappa shape index (κ3) is 6.94. The Morgan fingerprint density at radius 2 is 1.56 bits per heavy atom. The van der Waals surface area contributed by atoms with Crippen molar-refractivity contribution in [3.05, 3.63) is 0 Å². The molecule has 0 aromatic rings. The molecule has 2 fully saturated rings. The molecule has 8 N–H and O–H groups in total. The lowest BCUT2D eigenvalue weighted by atomic mass is 9.97. The van der Waals surface area contributed by atoms with Crippen molar-refractivity contribution in [2.75, 3.05) is 13.7 Å². The number of carbonyl (C=O) groups is 2. The third-order valence-corrected chi connectivity index (χ3v) is 6.21. The number of nitrogens with one attached hydrogen (secondary N) is 1. The van der Waals surface area contributed by atoms with Crippen LogP contribution in [0.5, 0.6) is 0 Å². The van der Waals surface area contributed by atoms with Crippen LogP contribution in [0, 0.1) is 0 Å². The van der Waals surface area contributed by atoms with Crippen molar-refractivity contribution in [3.63, 3.8) is 0 Å². The van der Waals surface area contributed by atoms with E-state index in [1.54, 1.807) is 0 Å². The maximum absolute atomic E-state index is 11.7. The van der Waals surface area contributed by atoms with Crippen molar-refractivity contribution in [1.82, 2.24) is 5.32 Å². The number of carbonyl (C=O) groups excluding carboxylic acids is 2. The Labute approximate surface area is 207 Å². The van der Waals surface area contributed by atoms with Gasteiger partial charge in [0.05, 0.1) is 18.8 Å². The van der Waals surface area contributed by atoms with Gasteiger partial charge in [-0.15, -0.1) is 0 Å². The molecule has 0 radical (unpaired) electrons. The number of methoxy groups -OCH3 is 1. The molecule has 14 atom stereocenters. The Morgan fingerprint density at radius 1 is 0.972 bits per heavy atom. The van der Waals surface area contributed by atoms with Gasteiger partial charge in [-0.05, 0) is 13.8 Å². The summed E-state index contributed by atoms with van der Waals surface area (Å²) in [5.41, 5.74) is 0. The second kappa shape index (κ2) is 13.5. The highest BCUT2D eigenvalue weighted by atomic mass is 16.8. The van der Waals surface area contributed by atoms with Crippen molar-refractivity contribution in [2.45, 2.75) is 107 Å². The number of aliphatic hydroxyl groups is 7.